The normalized spacial score (nSPS) is 18.8. The quantitative estimate of drug-likeness (QED) is 0.494. The molecule has 1 aromatic carbocycles. The number of benzene rings is 1. The summed E-state index contributed by atoms with van der Waals surface area (Å²) in [6.07, 6.45) is 4.27. The highest BCUT2D eigenvalue weighted by atomic mass is 16.5. The molecule has 1 atom stereocenters. The molecule has 3 heterocycles. The molecule has 10 heteroatoms. The first-order chi connectivity index (χ1) is 17.5. The first-order valence-electron chi connectivity index (χ1n) is 11.6. The Morgan fingerprint density at radius 2 is 1.81 bits per heavy atom. The number of hydrogen-bond acceptors (Lipinski definition) is 9. The van der Waals surface area contributed by atoms with Crippen molar-refractivity contribution in [3.63, 3.8) is 0 Å². The van der Waals surface area contributed by atoms with E-state index in [9.17, 15) is 14.7 Å². The molecule has 2 aliphatic heterocycles. The van der Waals surface area contributed by atoms with Crippen molar-refractivity contribution in [1.29, 1.82) is 0 Å². The molecule has 36 heavy (non-hydrogen) atoms. The van der Waals surface area contributed by atoms with E-state index in [2.05, 4.69) is 4.90 Å². The second-order valence-corrected chi connectivity index (χ2v) is 8.29. The number of amides is 1. The summed E-state index contributed by atoms with van der Waals surface area (Å²) in [5.41, 5.74) is 0.512. The average molecular weight is 499 g/mol. The molecule has 192 valence electrons. The number of rotatable bonds is 10. The molecule has 1 saturated heterocycles. The van der Waals surface area contributed by atoms with Gasteiger partial charge in [-0.15, -0.1) is 0 Å². The van der Waals surface area contributed by atoms with Crippen LogP contribution in [0.15, 0.2) is 52.4 Å². The zero-order valence-electron chi connectivity index (χ0n) is 20.6. The van der Waals surface area contributed by atoms with E-state index in [1.54, 1.807) is 24.3 Å². The average Bonchev–Trinajstić information content (AvgIpc) is 3.52. The number of carbonyl (C=O) groups excluding carboxylic acids is 2. The lowest BCUT2D eigenvalue weighted by molar-refractivity contribution is -0.129. The molecular formula is C26H30N2O8. The Kier molecular flexibility index (Phi) is 7.97. The number of methoxy groups -OCH3 is 3. The molecule has 10 nitrogen and oxygen atoms in total. The van der Waals surface area contributed by atoms with Crippen LogP contribution in [0.1, 0.15) is 17.4 Å². The lowest BCUT2D eigenvalue weighted by Gasteiger charge is -2.32. The van der Waals surface area contributed by atoms with Crippen molar-refractivity contribution in [3.8, 4) is 17.2 Å². The molecule has 0 radical (unpaired) electrons. The van der Waals surface area contributed by atoms with Crippen LogP contribution >= 0.6 is 0 Å². The molecule has 2 aliphatic rings. The molecule has 0 saturated carbocycles. The van der Waals surface area contributed by atoms with E-state index < -0.39 is 23.5 Å². The van der Waals surface area contributed by atoms with Gasteiger partial charge in [-0.05, 0) is 42.0 Å². The fraction of sp³-hybridized carbons (Fsp3) is 0.385. The van der Waals surface area contributed by atoms with Crippen LogP contribution in [0, 0.1) is 0 Å². The number of aliphatic hydroxyl groups excluding tert-OH is 1. The maximum absolute atomic E-state index is 13.3. The molecule has 0 spiro atoms. The number of ketones is 1. The van der Waals surface area contributed by atoms with Gasteiger partial charge in [0.2, 0.25) is 5.75 Å². The Bertz CT molecular complexity index is 1120. The summed E-state index contributed by atoms with van der Waals surface area (Å²) in [5, 5.41) is 10.9. The summed E-state index contributed by atoms with van der Waals surface area (Å²) in [6.45, 7) is 3.59. The van der Waals surface area contributed by atoms with Crippen LogP contribution in [-0.4, -0.2) is 87.3 Å². The van der Waals surface area contributed by atoms with Crippen LogP contribution in [0.25, 0.3) is 6.08 Å². The Hall–Kier alpha value is -3.76. The van der Waals surface area contributed by atoms with Gasteiger partial charge in [0.15, 0.2) is 23.0 Å². The highest BCUT2D eigenvalue weighted by Gasteiger charge is 2.43. The van der Waals surface area contributed by atoms with Crippen molar-refractivity contribution < 1.29 is 38.1 Å². The molecule has 1 unspecified atom stereocenters. The summed E-state index contributed by atoms with van der Waals surface area (Å²) in [5.74, 6) is -0.104. The van der Waals surface area contributed by atoms with Crippen molar-refractivity contribution in [2.24, 2.45) is 0 Å². The van der Waals surface area contributed by atoms with E-state index in [1.807, 2.05) is 0 Å². The predicted molar refractivity (Wildman–Crippen MR) is 130 cm³/mol. The van der Waals surface area contributed by atoms with Crippen molar-refractivity contribution in [3.05, 3.63) is 59.3 Å². The molecule has 4 rings (SSSR count). The zero-order valence-corrected chi connectivity index (χ0v) is 20.6. The van der Waals surface area contributed by atoms with Gasteiger partial charge in [-0.2, -0.15) is 0 Å². The van der Waals surface area contributed by atoms with Gasteiger partial charge in [0, 0.05) is 26.2 Å². The van der Waals surface area contributed by atoms with Crippen LogP contribution in [0.2, 0.25) is 0 Å². The fourth-order valence-corrected chi connectivity index (χ4v) is 4.45. The third kappa shape index (κ3) is 5.09. The Labute approximate surface area is 209 Å². The Morgan fingerprint density at radius 3 is 2.39 bits per heavy atom. The second-order valence-electron chi connectivity index (χ2n) is 8.29. The van der Waals surface area contributed by atoms with E-state index in [0.717, 1.165) is 13.1 Å². The van der Waals surface area contributed by atoms with Gasteiger partial charge in [-0.1, -0.05) is 0 Å². The standard InChI is InChI=1S/C26H30N2O8/c1-32-20-15-17(16-21(33-2)25(20)34-3)23-22(19(29)7-6-18-5-4-12-36-18)24(30)26(31)28(23)9-8-27-10-13-35-14-11-27/h4-7,12,15-16,23,30H,8-11,13-14H2,1-3H3/b7-6+. The van der Waals surface area contributed by atoms with Crippen LogP contribution in [0.4, 0.5) is 0 Å². The topological polar surface area (TPSA) is 111 Å². The Morgan fingerprint density at radius 1 is 1.11 bits per heavy atom. The van der Waals surface area contributed by atoms with Gasteiger partial charge in [0.1, 0.15) is 5.76 Å². The molecule has 1 aromatic heterocycles. The maximum Gasteiger partial charge on any atom is 0.290 e. The fourth-order valence-electron chi connectivity index (χ4n) is 4.45. The highest BCUT2D eigenvalue weighted by Crippen LogP contribution is 2.45. The third-order valence-electron chi connectivity index (χ3n) is 6.27. The summed E-state index contributed by atoms with van der Waals surface area (Å²) in [6, 6.07) is 5.91. The van der Waals surface area contributed by atoms with Crippen LogP contribution in [-0.2, 0) is 14.3 Å². The van der Waals surface area contributed by atoms with Crippen molar-refractivity contribution >= 4 is 17.8 Å². The first-order valence-corrected chi connectivity index (χ1v) is 11.6. The molecule has 2 aromatic rings. The first kappa shape index (κ1) is 25.3. The van der Waals surface area contributed by atoms with Crippen LogP contribution in [0.3, 0.4) is 0 Å². The van der Waals surface area contributed by atoms with Crippen LogP contribution < -0.4 is 14.2 Å². The molecule has 0 aliphatic carbocycles. The van der Waals surface area contributed by atoms with Gasteiger partial charge in [0.25, 0.3) is 5.91 Å². The largest absolute Gasteiger partial charge is 0.503 e. The van der Waals surface area contributed by atoms with Crippen molar-refractivity contribution in [2.45, 2.75) is 6.04 Å². The summed E-state index contributed by atoms with van der Waals surface area (Å²) in [7, 11) is 4.47. The highest BCUT2D eigenvalue weighted by molar-refractivity contribution is 6.14. The van der Waals surface area contributed by atoms with E-state index in [1.165, 1.54) is 44.6 Å². The maximum atomic E-state index is 13.3. The molecule has 1 N–H and O–H groups in total. The van der Waals surface area contributed by atoms with Crippen LogP contribution in [0.5, 0.6) is 17.2 Å². The molecule has 1 amide bonds. The number of allylic oxidation sites excluding steroid dienone is 1. The van der Waals surface area contributed by atoms with Gasteiger partial charge in [0.05, 0.1) is 52.4 Å². The predicted octanol–water partition coefficient (Wildman–Crippen LogP) is 2.62. The molecular weight excluding hydrogens is 468 g/mol. The van der Waals surface area contributed by atoms with E-state index >= 15 is 0 Å². The molecule has 0 bridgehead atoms. The minimum absolute atomic E-state index is 0.0287. The zero-order chi connectivity index (χ0) is 25.7. The number of morpholine rings is 1. The molecule has 1 fully saturated rings. The van der Waals surface area contributed by atoms with E-state index in [4.69, 9.17) is 23.4 Å². The Balaban J connectivity index is 1.73. The summed E-state index contributed by atoms with van der Waals surface area (Å²) in [4.78, 5) is 30.2. The summed E-state index contributed by atoms with van der Waals surface area (Å²) >= 11 is 0. The number of hydrogen-bond donors (Lipinski definition) is 1. The van der Waals surface area contributed by atoms with Gasteiger partial charge in [-0.3, -0.25) is 14.5 Å². The van der Waals surface area contributed by atoms with Crippen molar-refractivity contribution in [1.82, 2.24) is 9.80 Å². The minimum Gasteiger partial charge on any atom is -0.503 e. The van der Waals surface area contributed by atoms with Gasteiger partial charge >= 0.3 is 0 Å². The van der Waals surface area contributed by atoms with Crippen molar-refractivity contribution in [2.75, 3.05) is 60.7 Å². The number of ether oxygens (including phenoxy) is 4. The minimum atomic E-state index is -0.860. The van der Waals surface area contributed by atoms with E-state index in [0.29, 0.717) is 54.9 Å². The third-order valence-corrected chi connectivity index (χ3v) is 6.27. The lowest BCUT2D eigenvalue weighted by atomic mass is 9.95. The number of aliphatic hydroxyl groups is 1. The second kappa shape index (κ2) is 11.3. The monoisotopic (exact) mass is 498 g/mol. The number of nitrogens with zero attached hydrogens (tertiary/aromatic N) is 2. The summed E-state index contributed by atoms with van der Waals surface area (Å²) < 4.78 is 27.1. The smallest absolute Gasteiger partial charge is 0.290 e. The van der Waals surface area contributed by atoms with Gasteiger partial charge in [-0.25, -0.2) is 0 Å². The van der Waals surface area contributed by atoms with E-state index in [-0.39, 0.29) is 5.57 Å². The number of carbonyl (C=O) groups is 2. The van der Waals surface area contributed by atoms with Gasteiger partial charge < -0.3 is 33.4 Å². The SMILES string of the molecule is COc1cc(C2C(C(=O)/C=C/c3ccco3)=C(O)C(=O)N2CCN2CCOCC2)cc(OC)c1OC. The lowest BCUT2D eigenvalue weighted by Crippen LogP contribution is -2.43. The number of furan rings is 1.